The Kier molecular flexibility index (Phi) is 3.02. The van der Waals surface area contributed by atoms with Crippen LogP contribution in [0.15, 0.2) is 12.2 Å². The molecule has 0 aromatic rings. The van der Waals surface area contributed by atoms with E-state index in [9.17, 15) is 9.59 Å². The second kappa shape index (κ2) is 4.04. The number of carbonyl (C=O) groups excluding carboxylic acids is 2. The molecule has 1 atom stereocenters. The molecule has 1 fully saturated rings. The van der Waals surface area contributed by atoms with Crippen LogP contribution in [0, 0.1) is 5.92 Å². The topological polar surface area (TPSA) is 43.4 Å². The molecule has 66 valence electrons. The maximum atomic E-state index is 10.8. The van der Waals surface area contributed by atoms with Crippen molar-refractivity contribution < 1.29 is 14.3 Å². The van der Waals surface area contributed by atoms with Crippen molar-refractivity contribution in [3.63, 3.8) is 0 Å². The summed E-state index contributed by atoms with van der Waals surface area (Å²) < 4.78 is 4.43. The van der Waals surface area contributed by atoms with Crippen molar-refractivity contribution in [1.82, 2.24) is 0 Å². The first kappa shape index (κ1) is 8.97. The number of Topliss-reactive ketones (excluding diaryl/α,β-unsaturated/α-hetero) is 1. The second-order valence-electron chi connectivity index (χ2n) is 2.92. The normalized spacial score (nSPS) is 23.4. The fourth-order valence-electron chi connectivity index (χ4n) is 1.29. The van der Waals surface area contributed by atoms with Gasteiger partial charge in [0.1, 0.15) is 5.78 Å². The van der Waals surface area contributed by atoms with Crippen LogP contribution in [0.2, 0.25) is 0 Å². The van der Waals surface area contributed by atoms with Crippen molar-refractivity contribution in [2.45, 2.75) is 19.3 Å². The first-order chi connectivity index (χ1) is 5.72. The largest absolute Gasteiger partial charge is 0.466 e. The minimum Gasteiger partial charge on any atom is -0.466 e. The molecule has 0 radical (unpaired) electrons. The number of ketones is 1. The summed E-state index contributed by atoms with van der Waals surface area (Å²) in [4.78, 5) is 21.5. The molecule has 0 amide bonds. The van der Waals surface area contributed by atoms with Crippen molar-refractivity contribution in [3.05, 3.63) is 12.2 Å². The first-order valence-corrected chi connectivity index (χ1v) is 4.00. The van der Waals surface area contributed by atoms with E-state index in [-0.39, 0.29) is 17.7 Å². The van der Waals surface area contributed by atoms with Crippen molar-refractivity contribution in [3.8, 4) is 0 Å². The molecule has 1 aliphatic carbocycles. The van der Waals surface area contributed by atoms with E-state index >= 15 is 0 Å². The minimum absolute atomic E-state index is 0.247. The van der Waals surface area contributed by atoms with E-state index in [0.29, 0.717) is 12.8 Å². The van der Waals surface area contributed by atoms with Crippen LogP contribution >= 0.6 is 0 Å². The van der Waals surface area contributed by atoms with Gasteiger partial charge in [-0.15, -0.1) is 0 Å². The molecule has 0 spiro atoms. The molecule has 1 saturated carbocycles. The van der Waals surface area contributed by atoms with Gasteiger partial charge < -0.3 is 4.74 Å². The zero-order valence-electron chi connectivity index (χ0n) is 7.08. The number of rotatable bonds is 2. The molecule has 3 heteroatoms. The Hall–Kier alpha value is -1.12. The molecule has 0 bridgehead atoms. The molecule has 0 saturated heterocycles. The van der Waals surface area contributed by atoms with Crippen LogP contribution in [-0.2, 0) is 14.3 Å². The number of hydrogen-bond acceptors (Lipinski definition) is 3. The predicted molar refractivity (Wildman–Crippen MR) is 43.5 cm³/mol. The van der Waals surface area contributed by atoms with Crippen LogP contribution in [0.4, 0.5) is 0 Å². The summed E-state index contributed by atoms with van der Waals surface area (Å²) in [6.45, 7) is 0. The van der Waals surface area contributed by atoms with E-state index in [1.165, 1.54) is 13.2 Å². The second-order valence-corrected chi connectivity index (χ2v) is 2.92. The van der Waals surface area contributed by atoms with Gasteiger partial charge in [0, 0.05) is 18.9 Å². The van der Waals surface area contributed by atoms with Crippen molar-refractivity contribution in [2.75, 3.05) is 7.11 Å². The quantitative estimate of drug-likeness (QED) is 0.458. The fourth-order valence-corrected chi connectivity index (χ4v) is 1.29. The lowest BCUT2D eigenvalue weighted by Crippen LogP contribution is -1.96. The lowest BCUT2D eigenvalue weighted by atomic mass is 10.1. The highest BCUT2D eigenvalue weighted by Crippen LogP contribution is 2.22. The highest BCUT2D eigenvalue weighted by atomic mass is 16.5. The van der Waals surface area contributed by atoms with Crippen molar-refractivity contribution >= 4 is 11.8 Å². The van der Waals surface area contributed by atoms with Gasteiger partial charge in [-0.2, -0.15) is 0 Å². The predicted octanol–water partition coefficient (Wildman–Crippen LogP) is 1.08. The van der Waals surface area contributed by atoms with Crippen LogP contribution in [0.3, 0.4) is 0 Å². The Bertz CT molecular complexity index is 218. The first-order valence-electron chi connectivity index (χ1n) is 4.00. The van der Waals surface area contributed by atoms with Gasteiger partial charge in [0.25, 0.3) is 0 Å². The molecule has 0 N–H and O–H groups in total. The highest BCUT2D eigenvalue weighted by molar-refractivity contribution is 5.83. The summed E-state index contributed by atoms with van der Waals surface area (Å²) in [7, 11) is 1.34. The van der Waals surface area contributed by atoms with Gasteiger partial charge in [-0.1, -0.05) is 6.08 Å². The molecule has 0 aromatic heterocycles. The van der Waals surface area contributed by atoms with Crippen LogP contribution in [-0.4, -0.2) is 18.9 Å². The van der Waals surface area contributed by atoms with Crippen molar-refractivity contribution in [1.29, 1.82) is 0 Å². The molecule has 1 aliphatic rings. The number of allylic oxidation sites excluding steroid dienone is 1. The number of hydrogen-bond donors (Lipinski definition) is 0. The van der Waals surface area contributed by atoms with E-state index in [0.717, 1.165) is 6.42 Å². The Morgan fingerprint density at radius 2 is 2.42 bits per heavy atom. The third-order valence-electron chi connectivity index (χ3n) is 1.99. The van der Waals surface area contributed by atoms with E-state index in [1.54, 1.807) is 6.08 Å². The average Bonchev–Trinajstić information content (AvgIpc) is 2.47. The molecule has 0 aliphatic heterocycles. The van der Waals surface area contributed by atoms with Gasteiger partial charge in [-0.05, 0) is 12.3 Å². The summed E-state index contributed by atoms with van der Waals surface area (Å²) in [6, 6.07) is 0. The maximum absolute atomic E-state index is 10.8. The summed E-state index contributed by atoms with van der Waals surface area (Å²) >= 11 is 0. The minimum atomic E-state index is -0.352. The average molecular weight is 168 g/mol. The Balaban J connectivity index is 2.36. The lowest BCUT2D eigenvalue weighted by molar-refractivity contribution is -0.134. The Morgan fingerprint density at radius 3 is 2.92 bits per heavy atom. The van der Waals surface area contributed by atoms with Crippen LogP contribution in [0.25, 0.3) is 0 Å². The number of esters is 1. The number of ether oxygens (including phenoxy) is 1. The molecular formula is C9H12O3. The van der Waals surface area contributed by atoms with E-state index in [4.69, 9.17) is 0 Å². The van der Waals surface area contributed by atoms with Crippen LogP contribution < -0.4 is 0 Å². The number of carbonyl (C=O) groups is 2. The van der Waals surface area contributed by atoms with E-state index in [2.05, 4.69) is 4.74 Å². The maximum Gasteiger partial charge on any atom is 0.330 e. The number of methoxy groups -OCH3 is 1. The zero-order chi connectivity index (χ0) is 8.97. The lowest BCUT2D eigenvalue weighted by Gasteiger charge is -1.97. The molecule has 1 rings (SSSR count). The summed E-state index contributed by atoms with van der Waals surface area (Å²) in [6.07, 6.45) is 5.25. The third-order valence-corrected chi connectivity index (χ3v) is 1.99. The standard InChI is InChI=1S/C9H12O3/c1-12-9(11)5-3-7-2-4-8(10)6-7/h3,5,7H,2,4,6H2,1H3/b5-3-. The Labute approximate surface area is 71.4 Å². The van der Waals surface area contributed by atoms with E-state index < -0.39 is 0 Å². The van der Waals surface area contributed by atoms with Crippen LogP contribution in [0.5, 0.6) is 0 Å². The fraction of sp³-hybridized carbons (Fsp3) is 0.556. The van der Waals surface area contributed by atoms with Gasteiger partial charge >= 0.3 is 5.97 Å². The SMILES string of the molecule is COC(=O)/C=C\C1CCC(=O)C1. The Morgan fingerprint density at radius 1 is 1.67 bits per heavy atom. The van der Waals surface area contributed by atoms with Gasteiger partial charge in [-0.25, -0.2) is 4.79 Å². The van der Waals surface area contributed by atoms with Gasteiger partial charge in [0.15, 0.2) is 0 Å². The molecular weight excluding hydrogens is 156 g/mol. The van der Waals surface area contributed by atoms with E-state index in [1.807, 2.05) is 0 Å². The molecule has 1 unspecified atom stereocenters. The molecule has 0 heterocycles. The molecule has 3 nitrogen and oxygen atoms in total. The van der Waals surface area contributed by atoms with Crippen LogP contribution in [0.1, 0.15) is 19.3 Å². The molecule has 12 heavy (non-hydrogen) atoms. The zero-order valence-corrected chi connectivity index (χ0v) is 7.08. The third kappa shape index (κ3) is 2.49. The smallest absolute Gasteiger partial charge is 0.330 e. The van der Waals surface area contributed by atoms with Gasteiger partial charge in [0.2, 0.25) is 0 Å². The monoisotopic (exact) mass is 168 g/mol. The summed E-state index contributed by atoms with van der Waals surface area (Å²) in [5.74, 6) is 0.181. The van der Waals surface area contributed by atoms with Gasteiger partial charge in [-0.3, -0.25) is 4.79 Å². The van der Waals surface area contributed by atoms with Crippen molar-refractivity contribution in [2.24, 2.45) is 5.92 Å². The van der Waals surface area contributed by atoms with Gasteiger partial charge in [0.05, 0.1) is 7.11 Å². The summed E-state index contributed by atoms with van der Waals surface area (Å²) in [5, 5.41) is 0. The molecule has 0 aromatic carbocycles. The summed E-state index contributed by atoms with van der Waals surface area (Å²) in [5.41, 5.74) is 0. The highest BCUT2D eigenvalue weighted by Gasteiger charge is 2.19.